The van der Waals surface area contributed by atoms with Crippen LogP contribution in [0.4, 0.5) is 5.69 Å². The molecule has 6 heteroatoms. The molecule has 3 N–H and O–H groups in total. The molecule has 4 nitrogen and oxygen atoms in total. The van der Waals surface area contributed by atoms with Gasteiger partial charge in [-0.15, -0.1) is 0 Å². The van der Waals surface area contributed by atoms with Crippen molar-refractivity contribution in [1.82, 2.24) is 0 Å². The molecule has 1 aliphatic heterocycles. The Balaban J connectivity index is 2.26. The molecule has 0 aliphatic carbocycles. The van der Waals surface area contributed by atoms with Crippen molar-refractivity contribution in [2.75, 3.05) is 16.8 Å². The van der Waals surface area contributed by atoms with Crippen molar-refractivity contribution in [2.24, 2.45) is 5.14 Å². The standard InChI is InChI=1S/C10H14N2O2S2/c11-16(13,14)10-4-2-1-3-9(10)12-8-5-6-15-7-8/h1-4,8,12H,5-7H2,(H2,11,13,14). The zero-order chi connectivity index (χ0) is 11.6. The highest BCUT2D eigenvalue weighted by Gasteiger charge is 2.19. The van der Waals surface area contributed by atoms with E-state index in [1.807, 2.05) is 11.8 Å². The summed E-state index contributed by atoms with van der Waals surface area (Å²) in [5.74, 6) is 2.13. The van der Waals surface area contributed by atoms with Crippen LogP contribution in [0.3, 0.4) is 0 Å². The van der Waals surface area contributed by atoms with Gasteiger partial charge < -0.3 is 5.32 Å². The van der Waals surface area contributed by atoms with Crippen LogP contribution in [0.2, 0.25) is 0 Å². The second-order valence-electron chi connectivity index (χ2n) is 3.75. The van der Waals surface area contributed by atoms with Crippen molar-refractivity contribution < 1.29 is 8.42 Å². The number of nitrogens with one attached hydrogen (secondary N) is 1. The van der Waals surface area contributed by atoms with Crippen molar-refractivity contribution in [3.8, 4) is 0 Å². The first-order chi connectivity index (χ1) is 7.57. The number of primary sulfonamides is 1. The van der Waals surface area contributed by atoms with Gasteiger partial charge in [-0.25, -0.2) is 13.6 Å². The lowest BCUT2D eigenvalue weighted by atomic mass is 10.2. The number of hydrogen-bond donors (Lipinski definition) is 2. The molecule has 1 atom stereocenters. The molecule has 88 valence electrons. The molecule has 0 amide bonds. The Labute approximate surface area is 99.7 Å². The summed E-state index contributed by atoms with van der Waals surface area (Å²) in [4.78, 5) is 0.173. The van der Waals surface area contributed by atoms with Gasteiger partial charge in [0, 0.05) is 11.8 Å². The van der Waals surface area contributed by atoms with E-state index in [-0.39, 0.29) is 4.90 Å². The van der Waals surface area contributed by atoms with Crippen LogP contribution in [0.25, 0.3) is 0 Å². The molecule has 0 saturated carbocycles. The normalized spacial score (nSPS) is 20.9. The summed E-state index contributed by atoms with van der Waals surface area (Å²) in [5.41, 5.74) is 0.609. The SMILES string of the molecule is NS(=O)(=O)c1ccccc1NC1CCSC1. The summed E-state index contributed by atoms with van der Waals surface area (Å²) < 4.78 is 22.7. The molecular weight excluding hydrogens is 244 g/mol. The quantitative estimate of drug-likeness (QED) is 0.856. The van der Waals surface area contributed by atoms with E-state index in [9.17, 15) is 8.42 Å². The summed E-state index contributed by atoms with van der Waals surface area (Å²) in [7, 11) is -3.64. The molecule has 16 heavy (non-hydrogen) atoms. The molecule has 1 unspecified atom stereocenters. The van der Waals surface area contributed by atoms with E-state index in [4.69, 9.17) is 5.14 Å². The minimum atomic E-state index is -3.64. The lowest BCUT2D eigenvalue weighted by Gasteiger charge is -2.15. The first-order valence-corrected chi connectivity index (χ1v) is 7.73. The zero-order valence-electron chi connectivity index (χ0n) is 8.72. The van der Waals surface area contributed by atoms with E-state index < -0.39 is 10.0 Å². The molecule has 1 aromatic carbocycles. The van der Waals surface area contributed by atoms with Gasteiger partial charge in [0.15, 0.2) is 0 Å². The third kappa shape index (κ3) is 2.69. The van der Waals surface area contributed by atoms with Crippen molar-refractivity contribution in [1.29, 1.82) is 0 Å². The van der Waals surface area contributed by atoms with Gasteiger partial charge in [-0.05, 0) is 24.3 Å². The molecule has 0 bridgehead atoms. The monoisotopic (exact) mass is 258 g/mol. The first kappa shape index (κ1) is 11.8. The van der Waals surface area contributed by atoms with E-state index in [1.165, 1.54) is 6.07 Å². The van der Waals surface area contributed by atoms with Crippen molar-refractivity contribution in [2.45, 2.75) is 17.4 Å². The highest BCUT2D eigenvalue weighted by atomic mass is 32.2. The van der Waals surface area contributed by atoms with E-state index >= 15 is 0 Å². The molecule has 1 fully saturated rings. The maximum atomic E-state index is 11.4. The third-order valence-electron chi connectivity index (χ3n) is 2.48. The highest BCUT2D eigenvalue weighted by molar-refractivity contribution is 7.99. The average molecular weight is 258 g/mol. The lowest BCUT2D eigenvalue weighted by molar-refractivity contribution is 0.598. The fourth-order valence-electron chi connectivity index (χ4n) is 1.70. The van der Waals surface area contributed by atoms with Gasteiger partial charge in [0.2, 0.25) is 10.0 Å². The second-order valence-corrected chi connectivity index (χ2v) is 6.43. The molecular formula is C10H14N2O2S2. The van der Waals surface area contributed by atoms with Crippen LogP contribution in [0, 0.1) is 0 Å². The average Bonchev–Trinajstić information content (AvgIpc) is 2.70. The molecule has 1 heterocycles. The molecule has 1 aliphatic rings. The first-order valence-electron chi connectivity index (χ1n) is 5.03. The van der Waals surface area contributed by atoms with Crippen LogP contribution >= 0.6 is 11.8 Å². The van der Waals surface area contributed by atoms with Crippen LogP contribution in [-0.2, 0) is 10.0 Å². The summed E-state index contributed by atoms with van der Waals surface area (Å²) >= 11 is 1.87. The van der Waals surface area contributed by atoms with Crippen LogP contribution in [-0.4, -0.2) is 26.0 Å². The number of thioether (sulfide) groups is 1. The Kier molecular flexibility index (Phi) is 3.41. The zero-order valence-corrected chi connectivity index (χ0v) is 10.4. The van der Waals surface area contributed by atoms with E-state index in [2.05, 4.69) is 5.32 Å². The van der Waals surface area contributed by atoms with Crippen LogP contribution in [0.1, 0.15) is 6.42 Å². The van der Waals surface area contributed by atoms with E-state index in [0.717, 1.165) is 17.9 Å². The maximum Gasteiger partial charge on any atom is 0.240 e. The Morgan fingerprint density at radius 2 is 2.12 bits per heavy atom. The number of hydrogen-bond acceptors (Lipinski definition) is 4. The van der Waals surface area contributed by atoms with Crippen LogP contribution in [0.15, 0.2) is 29.2 Å². The minimum absolute atomic E-state index is 0.173. The minimum Gasteiger partial charge on any atom is -0.380 e. The Hall–Kier alpha value is -0.720. The second kappa shape index (κ2) is 4.65. The van der Waals surface area contributed by atoms with Gasteiger partial charge in [-0.1, -0.05) is 12.1 Å². The third-order valence-corrected chi connectivity index (χ3v) is 4.61. The fourth-order valence-corrected chi connectivity index (χ4v) is 3.56. The summed E-state index contributed by atoms with van der Waals surface area (Å²) in [5, 5.41) is 8.39. The van der Waals surface area contributed by atoms with Crippen LogP contribution in [0.5, 0.6) is 0 Å². The summed E-state index contributed by atoms with van der Waals surface area (Å²) in [6.45, 7) is 0. The van der Waals surface area contributed by atoms with E-state index in [0.29, 0.717) is 11.7 Å². The number of nitrogens with two attached hydrogens (primary N) is 1. The number of rotatable bonds is 3. The smallest absolute Gasteiger partial charge is 0.240 e. The topological polar surface area (TPSA) is 72.2 Å². The molecule has 0 spiro atoms. The Morgan fingerprint density at radius 1 is 1.38 bits per heavy atom. The summed E-state index contributed by atoms with van der Waals surface area (Å²) in [6, 6.07) is 7.10. The van der Waals surface area contributed by atoms with Crippen molar-refractivity contribution in [3.05, 3.63) is 24.3 Å². The Bertz CT molecular complexity index is 467. The summed E-state index contributed by atoms with van der Waals surface area (Å²) in [6.07, 6.45) is 1.06. The van der Waals surface area contributed by atoms with Gasteiger partial charge in [-0.2, -0.15) is 11.8 Å². The maximum absolute atomic E-state index is 11.4. The number of anilines is 1. The molecule has 0 aromatic heterocycles. The predicted molar refractivity (Wildman–Crippen MR) is 67.2 cm³/mol. The van der Waals surface area contributed by atoms with Gasteiger partial charge in [0.25, 0.3) is 0 Å². The molecule has 0 radical (unpaired) electrons. The molecule has 1 saturated heterocycles. The lowest BCUT2D eigenvalue weighted by Crippen LogP contribution is -2.21. The molecule has 2 rings (SSSR count). The number of benzene rings is 1. The molecule has 1 aromatic rings. The van der Waals surface area contributed by atoms with Crippen molar-refractivity contribution in [3.63, 3.8) is 0 Å². The number of sulfonamides is 1. The van der Waals surface area contributed by atoms with Gasteiger partial charge in [0.05, 0.1) is 5.69 Å². The Morgan fingerprint density at radius 3 is 2.75 bits per heavy atom. The predicted octanol–water partition coefficient (Wildman–Crippen LogP) is 1.25. The van der Waals surface area contributed by atoms with Crippen LogP contribution < -0.4 is 10.5 Å². The van der Waals surface area contributed by atoms with Gasteiger partial charge in [-0.3, -0.25) is 0 Å². The fraction of sp³-hybridized carbons (Fsp3) is 0.400. The highest BCUT2D eigenvalue weighted by Crippen LogP contribution is 2.25. The largest absolute Gasteiger partial charge is 0.380 e. The van der Waals surface area contributed by atoms with Gasteiger partial charge in [0.1, 0.15) is 4.90 Å². The van der Waals surface area contributed by atoms with E-state index in [1.54, 1.807) is 18.2 Å². The van der Waals surface area contributed by atoms with Gasteiger partial charge >= 0.3 is 0 Å². The number of para-hydroxylation sites is 1. The van der Waals surface area contributed by atoms with Crippen molar-refractivity contribution >= 4 is 27.5 Å².